The van der Waals surface area contributed by atoms with E-state index < -0.39 is 14.1 Å². The molecule has 0 aliphatic carbocycles. The number of alkyl halides is 1. The fourth-order valence-corrected chi connectivity index (χ4v) is 1.76. The highest BCUT2D eigenvalue weighted by Gasteiger charge is 2.14. The van der Waals surface area contributed by atoms with Gasteiger partial charge < -0.3 is 24.8 Å². The first-order chi connectivity index (χ1) is 9.59. The van der Waals surface area contributed by atoms with Crippen LogP contribution in [0.5, 0.6) is 5.75 Å². The van der Waals surface area contributed by atoms with E-state index in [2.05, 4.69) is 4.98 Å². The quantitative estimate of drug-likeness (QED) is 0.430. The Morgan fingerprint density at radius 2 is 1.90 bits per heavy atom. The van der Waals surface area contributed by atoms with E-state index in [4.69, 9.17) is 19.2 Å². The predicted octanol–water partition coefficient (Wildman–Crippen LogP) is 1.34. The summed E-state index contributed by atoms with van der Waals surface area (Å²) in [6.45, 7) is 0. The van der Waals surface area contributed by atoms with Gasteiger partial charge in [-0.15, -0.1) is 0 Å². The maximum atomic E-state index is 13.6. The number of benzene rings is 1. The van der Waals surface area contributed by atoms with Crippen LogP contribution < -0.4 is 0 Å². The number of hydrogen-bond donors (Lipinski definition) is 5. The van der Waals surface area contributed by atoms with Crippen LogP contribution >= 0.6 is 7.82 Å². The number of fused-ring (bicyclic) bond motifs is 1. The van der Waals surface area contributed by atoms with E-state index in [9.17, 15) is 9.50 Å². The van der Waals surface area contributed by atoms with Gasteiger partial charge in [0.25, 0.3) is 0 Å². The fraction of sp³-hybridized carbons (Fsp3) is 0.333. The Labute approximate surface area is 120 Å². The zero-order chi connectivity index (χ0) is 16.2. The highest BCUT2D eigenvalue weighted by Crippen LogP contribution is 2.28. The highest BCUT2D eigenvalue weighted by molar-refractivity contribution is 7.45. The van der Waals surface area contributed by atoms with E-state index in [1.165, 1.54) is 4.90 Å². The van der Waals surface area contributed by atoms with Crippen molar-refractivity contribution in [1.82, 2.24) is 9.88 Å². The van der Waals surface area contributed by atoms with Gasteiger partial charge in [-0.2, -0.15) is 0 Å². The standard InChI is InChI=1S/C12H15FN2O.H3O4P/c1-15(2)11(13)6-8-7-14-9-4-3-5-10(16)12(8)9;1-5(2,3)4/h3-5,7,11,14,16H,6H2,1-2H3;(H3,1,2,3,4). The van der Waals surface area contributed by atoms with Crippen LogP contribution in [0.15, 0.2) is 24.4 Å². The number of aromatic amines is 1. The summed E-state index contributed by atoms with van der Waals surface area (Å²) in [6, 6.07) is 5.24. The Kier molecular flexibility index (Phi) is 5.88. The molecular formula is C12H18FN2O5P. The van der Waals surface area contributed by atoms with Crippen molar-refractivity contribution >= 4 is 18.7 Å². The van der Waals surface area contributed by atoms with Crippen LogP contribution in [0.2, 0.25) is 0 Å². The van der Waals surface area contributed by atoms with Crippen molar-refractivity contribution in [3.05, 3.63) is 30.0 Å². The van der Waals surface area contributed by atoms with Crippen molar-refractivity contribution in [2.45, 2.75) is 12.7 Å². The van der Waals surface area contributed by atoms with Gasteiger partial charge in [-0.05, 0) is 31.8 Å². The number of nitrogens with one attached hydrogen (secondary N) is 1. The van der Waals surface area contributed by atoms with Gasteiger partial charge in [-0.1, -0.05) is 6.07 Å². The lowest BCUT2D eigenvalue weighted by molar-refractivity contribution is 0.138. The van der Waals surface area contributed by atoms with Crippen LogP contribution in [-0.4, -0.2) is 50.1 Å². The van der Waals surface area contributed by atoms with E-state index in [1.807, 2.05) is 6.07 Å². The van der Waals surface area contributed by atoms with Crippen molar-refractivity contribution in [3.8, 4) is 5.75 Å². The first-order valence-electron chi connectivity index (χ1n) is 5.96. The smallest absolute Gasteiger partial charge is 0.466 e. The minimum atomic E-state index is -4.64. The number of likely N-dealkylation sites (N-methyl/N-ethyl adjacent to an activating group) is 1. The maximum Gasteiger partial charge on any atom is 0.466 e. The van der Waals surface area contributed by atoms with Crippen molar-refractivity contribution in [3.63, 3.8) is 0 Å². The van der Waals surface area contributed by atoms with Crippen LogP contribution in [0, 0.1) is 0 Å². The van der Waals surface area contributed by atoms with Gasteiger partial charge in [-0.3, -0.25) is 4.90 Å². The first kappa shape index (κ1) is 17.6. The zero-order valence-electron chi connectivity index (χ0n) is 11.6. The normalized spacial score (nSPS) is 13.1. The third-order valence-electron chi connectivity index (χ3n) is 2.71. The topological polar surface area (TPSA) is 117 Å². The molecule has 9 heteroatoms. The number of phenolic OH excluding ortho intramolecular Hbond substituents is 1. The summed E-state index contributed by atoms with van der Waals surface area (Å²) in [5.41, 5.74) is 1.63. The lowest BCUT2D eigenvalue weighted by Gasteiger charge is -2.15. The summed E-state index contributed by atoms with van der Waals surface area (Å²) in [5.74, 6) is 0.194. The Hall–Kier alpha value is -1.44. The summed E-state index contributed by atoms with van der Waals surface area (Å²) in [4.78, 5) is 26.1. The minimum Gasteiger partial charge on any atom is -0.507 e. The Bertz CT molecular complexity index is 631. The zero-order valence-corrected chi connectivity index (χ0v) is 12.5. The van der Waals surface area contributed by atoms with Gasteiger partial charge in [0.2, 0.25) is 0 Å². The second-order valence-corrected chi connectivity index (χ2v) is 5.66. The number of rotatable bonds is 3. The molecule has 1 aromatic heterocycles. The third-order valence-corrected chi connectivity index (χ3v) is 2.71. The van der Waals surface area contributed by atoms with Crippen LogP contribution in [0.25, 0.3) is 10.9 Å². The number of phosphoric acid groups is 1. The Morgan fingerprint density at radius 1 is 1.33 bits per heavy atom. The lowest BCUT2D eigenvalue weighted by atomic mass is 10.1. The Morgan fingerprint density at radius 3 is 2.43 bits per heavy atom. The Balaban J connectivity index is 0.000000383. The van der Waals surface area contributed by atoms with Crippen LogP contribution in [0.4, 0.5) is 4.39 Å². The average molecular weight is 320 g/mol. The van der Waals surface area contributed by atoms with Crippen molar-refractivity contribution in [2.75, 3.05) is 14.1 Å². The van der Waals surface area contributed by atoms with Crippen LogP contribution in [-0.2, 0) is 11.0 Å². The average Bonchev–Trinajstić information content (AvgIpc) is 2.71. The molecule has 0 saturated carbocycles. The number of nitrogens with zero attached hydrogens (tertiary/aromatic N) is 1. The van der Waals surface area contributed by atoms with Gasteiger partial charge in [0, 0.05) is 23.5 Å². The molecule has 21 heavy (non-hydrogen) atoms. The first-order valence-corrected chi connectivity index (χ1v) is 7.53. The minimum absolute atomic E-state index is 0.194. The van der Waals surface area contributed by atoms with E-state index >= 15 is 0 Å². The molecule has 118 valence electrons. The summed E-state index contributed by atoms with van der Waals surface area (Å²) in [7, 11) is -1.25. The molecule has 1 atom stereocenters. The molecule has 0 aliphatic rings. The van der Waals surface area contributed by atoms with Gasteiger partial charge in [0.15, 0.2) is 6.30 Å². The second-order valence-electron chi connectivity index (χ2n) is 4.63. The van der Waals surface area contributed by atoms with Gasteiger partial charge in [-0.25, -0.2) is 8.96 Å². The number of H-pyrrole nitrogens is 1. The summed E-state index contributed by atoms with van der Waals surface area (Å²) < 4.78 is 22.5. The molecule has 0 spiro atoms. The number of hydrogen-bond acceptors (Lipinski definition) is 3. The maximum absolute atomic E-state index is 13.6. The summed E-state index contributed by atoms with van der Waals surface area (Å²) >= 11 is 0. The molecule has 1 aromatic carbocycles. The van der Waals surface area contributed by atoms with E-state index in [1.54, 1.807) is 32.4 Å². The number of phenols is 1. The molecule has 0 bridgehead atoms. The summed E-state index contributed by atoms with van der Waals surface area (Å²) in [6.07, 6.45) is 0.976. The van der Waals surface area contributed by atoms with Gasteiger partial charge in [0.1, 0.15) is 5.75 Å². The predicted molar refractivity (Wildman–Crippen MR) is 76.5 cm³/mol. The molecule has 0 amide bonds. The molecule has 0 radical (unpaired) electrons. The van der Waals surface area contributed by atoms with E-state index in [-0.39, 0.29) is 12.2 Å². The molecule has 0 fully saturated rings. The number of aromatic nitrogens is 1. The molecule has 1 unspecified atom stereocenters. The molecular weight excluding hydrogens is 302 g/mol. The van der Waals surface area contributed by atoms with E-state index in [0.717, 1.165) is 11.1 Å². The van der Waals surface area contributed by atoms with Gasteiger partial charge in [0.05, 0.1) is 0 Å². The monoisotopic (exact) mass is 320 g/mol. The number of aromatic hydroxyl groups is 1. The second kappa shape index (κ2) is 7.02. The summed E-state index contributed by atoms with van der Waals surface area (Å²) in [5, 5.41) is 10.5. The molecule has 2 aromatic rings. The van der Waals surface area contributed by atoms with Crippen molar-refractivity contribution < 1.29 is 28.7 Å². The highest BCUT2D eigenvalue weighted by atomic mass is 31.2. The molecule has 0 aliphatic heterocycles. The largest absolute Gasteiger partial charge is 0.507 e. The third kappa shape index (κ3) is 5.82. The van der Waals surface area contributed by atoms with E-state index in [0.29, 0.717) is 5.39 Å². The lowest BCUT2D eigenvalue weighted by Crippen LogP contribution is -2.25. The van der Waals surface area contributed by atoms with Crippen molar-refractivity contribution in [1.29, 1.82) is 0 Å². The van der Waals surface area contributed by atoms with Crippen LogP contribution in [0.3, 0.4) is 0 Å². The molecule has 7 nitrogen and oxygen atoms in total. The molecule has 1 heterocycles. The fourth-order valence-electron chi connectivity index (χ4n) is 1.76. The molecule has 5 N–H and O–H groups in total. The van der Waals surface area contributed by atoms with Gasteiger partial charge >= 0.3 is 7.82 Å². The van der Waals surface area contributed by atoms with Crippen LogP contribution in [0.1, 0.15) is 5.56 Å². The molecule has 2 rings (SSSR count). The molecule has 0 saturated heterocycles. The SMILES string of the molecule is CN(C)C(F)Cc1c[nH]c2cccc(O)c12.O=P(O)(O)O. The van der Waals surface area contributed by atoms with Crippen molar-refractivity contribution in [2.24, 2.45) is 0 Å². The number of halogens is 1.